The predicted molar refractivity (Wildman–Crippen MR) is 103 cm³/mol. The van der Waals surface area contributed by atoms with Crippen LogP contribution in [0.5, 0.6) is 0 Å². The van der Waals surface area contributed by atoms with Crippen molar-refractivity contribution in [2.75, 3.05) is 4.31 Å². The van der Waals surface area contributed by atoms with Gasteiger partial charge >= 0.3 is 0 Å². The summed E-state index contributed by atoms with van der Waals surface area (Å²) in [6, 6.07) is 14.7. The van der Waals surface area contributed by atoms with Gasteiger partial charge in [0, 0.05) is 22.4 Å². The van der Waals surface area contributed by atoms with E-state index in [0.29, 0.717) is 11.1 Å². The Morgan fingerprint density at radius 3 is 2.59 bits per heavy atom. The van der Waals surface area contributed by atoms with Gasteiger partial charge in [-0.25, -0.2) is 9.19 Å². The Kier molecular flexibility index (Phi) is 5.83. The van der Waals surface area contributed by atoms with Crippen LogP contribution in [0, 0.1) is 0 Å². The highest BCUT2D eigenvalue weighted by Gasteiger charge is 2.28. The largest absolute Gasteiger partial charge is 0.461 e. The zero-order valence-electron chi connectivity index (χ0n) is 14.2. The zero-order valence-corrected chi connectivity index (χ0v) is 15.8. The van der Waals surface area contributed by atoms with Crippen molar-refractivity contribution in [1.29, 1.82) is 0 Å². The SMILES string of the molecule is CC(C(=O)N(c1ccccn1)[S@](=O)Cl)c1cccc(C(=O)c2ccco2)c1. The number of hydrogen-bond donors (Lipinski definition) is 0. The van der Waals surface area contributed by atoms with Crippen molar-refractivity contribution in [2.45, 2.75) is 12.8 Å². The summed E-state index contributed by atoms with van der Waals surface area (Å²) >= 11 is 0. The van der Waals surface area contributed by atoms with Crippen molar-refractivity contribution in [2.24, 2.45) is 0 Å². The molecular formula is C19H15ClN2O4S. The van der Waals surface area contributed by atoms with Crippen LogP contribution in [0.4, 0.5) is 5.82 Å². The van der Waals surface area contributed by atoms with Crippen molar-refractivity contribution in [1.82, 2.24) is 4.98 Å². The molecule has 0 aliphatic rings. The van der Waals surface area contributed by atoms with E-state index in [9.17, 15) is 13.8 Å². The Hall–Kier alpha value is -2.77. The average Bonchev–Trinajstić information content (AvgIpc) is 3.22. The number of ketones is 1. The van der Waals surface area contributed by atoms with E-state index in [-0.39, 0.29) is 17.4 Å². The Morgan fingerprint density at radius 1 is 1.15 bits per heavy atom. The van der Waals surface area contributed by atoms with Crippen LogP contribution in [0.25, 0.3) is 0 Å². The first-order valence-corrected chi connectivity index (χ1v) is 9.93. The maximum atomic E-state index is 12.9. The highest BCUT2D eigenvalue weighted by atomic mass is 35.7. The van der Waals surface area contributed by atoms with E-state index >= 15 is 0 Å². The van der Waals surface area contributed by atoms with Gasteiger partial charge in [-0.15, -0.1) is 0 Å². The molecule has 27 heavy (non-hydrogen) atoms. The normalized spacial score (nSPS) is 13.0. The lowest BCUT2D eigenvalue weighted by Crippen LogP contribution is -2.34. The molecule has 1 amide bonds. The fourth-order valence-electron chi connectivity index (χ4n) is 2.55. The Labute approximate surface area is 162 Å². The molecule has 2 aromatic heterocycles. The molecule has 2 atom stereocenters. The minimum atomic E-state index is -2.11. The first-order valence-electron chi connectivity index (χ1n) is 8.00. The second kappa shape index (κ2) is 8.28. The number of carbonyl (C=O) groups is 2. The monoisotopic (exact) mass is 402 g/mol. The topological polar surface area (TPSA) is 80.5 Å². The minimum absolute atomic E-state index is 0.186. The van der Waals surface area contributed by atoms with Crippen LogP contribution in [-0.4, -0.2) is 20.9 Å². The number of benzene rings is 1. The Morgan fingerprint density at radius 2 is 1.96 bits per heavy atom. The van der Waals surface area contributed by atoms with Gasteiger partial charge in [0.1, 0.15) is 5.82 Å². The van der Waals surface area contributed by atoms with Crippen molar-refractivity contribution < 1.29 is 18.2 Å². The van der Waals surface area contributed by atoms with E-state index in [1.165, 1.54) is 12.5 Å². The molecule has 8 heteroatoms. The van der Waals surface area contributed by atoms with E-state index in [1.54, 1.807) is 61.5 Å². The van der Waals surface area contributed by atoms with Crippen molar-refractivity contribution >= 4 is 38.4 Å². The Bertz CT molecular complexity index is 976. The highest BCUT2D eigenvalue weighted by molar-refractivity contribution is 8.10. The maximum absolute atomic E-state index is 12.9. The molecule has 138 valence electrons. The van der Waals surface area contributed by atoms with Crippen LogP contribution in [0.3, 0.4) is 0 Å². The highest BCUT2D eigenvalue weighted by Crippen LogP contribution is 2.25. The van der Waals surface area contributed by atoms with Crippen molar-refractivity contribution in [3.63, 3.8) is 0 Å². The molecule has 0 aliphatic heterocycles. The van der Waals surface area contributed by atoms with Gasteiger partial charge in [-0.2, -0.15) is 4.31 Å². The van der Waals surface area contributed by atoms with Gasteiger partial charge < -0.3 is 4.42 Å². The lowest BCUT2D eigenvalue weighted by molar-refractivity contribution is -0.118. The number of pyridine rings is 1. The zero-order chi connectivity index (χ0) is 19.4. The molecule has 0 bridgehead atoms. The third-order valence-corrected chi connectivity index (χ3v) is 5.03. The number of furan rings is 1. The Balaban J connectivity index is 1.89. The van der Waals surface area contributed by atoms with Crippen molar-refractivity contribution in [3.8, 4) is 0 Å². The second-order valence-corrected chi connectivity index (χ2v) is 7.25. The molecule has 3 rings (SSSR count). The molecule has 0 saturated heterocycles. The fraction of sp³-hybridized carbons (Fsp3) is 0.105. The van der Waals surface area contributed by atoms with E-state index in [2.05, 4.69) is 4.98 Å². The van der Waals surface area contributed by atoms with E-state index in [4.69, 9.17) is 15.1 Å². The maximum Gasteiger partial charge on any atom is 0.248 e. The minimum Gasteiger partial charge on any atom is -0.461 e. The summed E-state index contributed by atoms with van der Waals surface area (Å²) in [5, 5.41) is 0. The summed E-state index contributed by atoms with van der Waals surface area (Å²) in [5.41, 5.74) is 0.971. The number of hydrogen-bond acceptors (Lipinski definition) is 5. The second-order valence-electron chi connectivity index (χ2n) is 5.68. The van der Waals surface area contributed by atoms with E-state index < -0.39 is 22.0 Å². The molecule has 0 saturated carbocycles. The summed E-state index contributed by atoms with van der Waals surface area (Å²) in [4.78, 5) is 29.4. The molecule has 2 heterocycles. The lowest BCUT2D eigenvalue weighted by Gasteiger charge is -2.21. The molecule has 1 aromatic carbocycles. The quantitative estimate of drug-likeness (QED) is 0.462. The first kappa shape index (κ1) is 19.0. The van der Waals surface area contributed by atoms with Crippen LogP contribution in [0.1, 0.15) is 34.5 Å². The predicted octanol–water partition coefficient (Wildman–Crippen LogP) is 3.86. The molecular weight excluding hydrogens is 388 g/mol. The molecule has 0 aliphatic carbocycles. The van der Waals surface area contributed by atoms with Crippen LogP contribution in [0.2, 0.25) is 0 Å². The van der Waals surface area contributed by atoms with Gasteiger partial charge in [0.25, 0.3) is 0 Å². The van der Waals surface area contributed by atoms with Gasteiger partial charge in [0.15, 0.2) is 5.76 Å². The summed E-state index contributed by atoms with van der Waals surface area (Å²) in [6.07, 6.45) is 2.90. The molecule has 1 unspecified atom stereocenters. The van der Waals surface area contributed by atoms with Crippen molar-refractivity contribution in [3.05, 3.63) is 83.9 Å². The fourth-order valence-corrected chi connectivity index (χ4v) is 3.52. The number of amides is 1. The molecule has 0 fully saturated rings. The first-order chi connectivity index (χ1) is 13.0. The lowest BCUT2D eigenvalue weighted by atomic mass is 9.96. The van der Waals surface area contributed by atoms with Crippen LogP contribution in [-0.2, 0) is 15.0 Å². The third kappa shape index (κ3) is 4.15. The van der Waals surface area contributed by atoms with Crippen LogP contribution in [0.15, 0.2) is 71.5 Å². The van der Waals surface area contributed by atoms with E-state index in [1.807, 2.05) is 0 Å². The number of halogens is 1. The molecule has 0 N–H and O–H groups in total. The van der Waals surface area contributed by atoms with Gasteiger partial charge in [-0.1, -0.05) is 24.3 Å². The van der Waals surface area contributed by atoms with Crippen LogP contribution < -0.4 is 4.31 Å². The number of anilines is 1. The molecule has 3 aromatic rings. The number of rotatable bonds is 6. The number of nitrogens with zero attached hydrogens (tertiary/aromatic N) is 2. The standard InChI is InChI=1S/C19H15ClN2O4S/c1-13(19(24)22(27(20)25)17-9-2-3-10-21-17)14-6-4-7-15(12-14)18(23)16-8-5-11-26-16/h2-13H,1H3/t13?,27-/m1/s1. The number of aromatic nitrogens is 1. The summed E-state index contributed by atoms with van der Waals surface area (Å²) in [6.45, 7) is 1.65. The average molecular weight is 403 g/mol. The summed E-state index contributed by atoms with van der Waals surface area (Å²) in [5.74, 6) is -1.08. The third-order valence-electron chi connectivity index (χ3n) is 3.97. The molecule has 0 radical (unpaired) electrons. The smallest absolute Gasteiger partial charge is 0.248 e. The van der Waals surface area contributed by atoms with Gasteiger partial charge in [-0.3, -0.25) is 9.59 Å². The molecule has 6 nitrogen and oxygen atoms in total. The van der Waals surface area contributed by atoms with Gasteiger partial charge in [0.2, 0.25) is 21.9 Å². The summed E-state index contributed by atoms with van der Waals surface area (Å²) in [7, 11) is 3.62. The van der Waals surface area contributed by atoms with Gasteiger partial charge in [0.05, 0.1) is 12.2 Å². The van der Waals surface area contributed by atoms with Gasteiger partial charge in [-0.05, 0) is 42.8 Å². The van der Waals surface area contributed by atoms with E-state index in [0.717, 1.165) is 4.31 Å². The number of carbonyl (C=O) groups excluding carboxylic acids is 2. The van der Waals surface area contributed by atoms with Crippen LogP contribution >= 0.6 is 10.7 Å². The molecule has 0 spiro atoms. The summed E-state index contributed by atoms with van der Waals surface area (Å²) < 4.78 is 18.0.